The Morgan fingerprint density at radius 1 is 1.26 bits per heavy atom. The third-order valence-corrected chi connectivity index (χ3v) is 3.47. The number of amides is 1. The van der Waals surface area contributed by atoms with Gasteiger partial charge in [0.1, 0.15) is 5.75 Å². The average molecular weight is 335 g/mol. The first-order valence-corrected chi connectivity index (χ1v) is 8.12. The van der Waals surface area contributed by atoms with E-state index in [0.717, 1.165) is 0 Å². The van der Waals surface area contributed by atoms with Gasteiger partial charge in [-0.3, -0.25) is 4.79 Å². The van der Waals surface area contributed by atoms with Crippen LogP contribution in [0.25, 0.3) is 0 Å². The van der Waals surface area contributed by atoms with E-state index in [4.69, 9.17) is 14.3 Å². The molecule has 23 heavy (non-hydrogen) atoms. The van der Waals surface area contributed by atoms with Crippen LogP contribution in [0.5, 0.6) is 5.75 Å². The second-order valence-electron chi connectivity index (χ2n) is 4.96. The van der Waals surface area contributed by atoms with Crippen LogP contribution in [0.3, 0.4) is 0 Å². The van der Waals surface area contributed by atoms with Crippen LogP contribution in [-0.2, 0) is 0 Å². The van der Waals surface area contributed by atoms with Gasteiger partial charge in [0.25, 0.3) is 5.91 Å². The van der Waals surface area contributed by atoms with Gasteiger partial charge in [-0.05, 0) is 50.4 Å². The van der Waals surface area contributed by atoms with Gasteiger partial charge in [0.2, 0.25) is 0 Å². The van der Waals surface area contributed by atoms with E-state index in [1.54, 1.807) is 12.1 Å². The first kappa shape index (κ1) is 17.0. The quantitative estimate of drug-likeness (QED) is 0.782. The summed E-state index contributed by atoms with van der Waals surface area (Å²) >= 11 is 1.38. The Kier molecular flexibility index (Phi) is 5.33. The van der Waals surface area contributed by atoms with E-state index in [-0.39, 0.29) is 23.1 Å². The zero-order valence-corrected chi connectivity index (χ0v) is 13.8. The molecule has 0 aliphatic rings. The predicted molar refractivity (Wildman–Crippen MR) is 87.6 cm³/mol. The minimum Gasteiger partial charge on any atom is -0.489 e. The highest BCUT2D eigenvalue weighted by Gasteiger charge is 2.16. The third-order valence-electron chi connectivity index (χ3n) is 2.84. The van der Waals surface area contributed by atoms with Crippen LogP contribution >= 0.6 is 11.8 Å². The molecule has 6 nitrogen and oxygen atoms in total. The molecule has 1 aromatic heterocycles. The molecule has 7 heteroatoms. The van der Waals surface area contributed by atoms with Crippen molar-refractivity contribution in [3.05, 3.63) is 41.7 Å². The van der Waals surface area contributed by atoms with E-state index in [0.29, 0.717) is 10.8 Å². The predicted octanol–water partition coefficient (Wildman–Crippen LogP) is 3.74. The standard InChI is InChI=1S/C16H17NO5S/c1-9(2)21-12-5-4-10(16(19)20)8-11(12)17-15(18)13-6-7-14(22-13)23-3/h4-9H,1-3H3,(H,17,18)(H,19,20). The van der Waals surface area contributed by atoms with Crippen molar-refractivity contribution in [3.8, 4) is 5.75 Å². The zero-order valence-electron chi connectivity index (χ0n) is 13.0. The Morgan fingerprint density at radius 2 is 2.00 bits per heavy atom. The van der Waals surface area contributed by atoms with Crippen LogP contribution < -0.4 is 10.1 Å². The van der Waals surface area contributed by atoms with Crippen LogP contribution in [0.2, 0.25) is 0 Å². The molecule has 2 N–H and O–H groups in total. The highest BCUT2D eigenvalue weighted by atomic mass is 32.2. The fourth-order valence-corrected chi connectivity index (χ4v) is 2.23. The van der Waals surface area contributed by atoms with Crippen molar-refractivity contribution in [1.29, 1.82) is 0 Å². The molecule has 122 valence electrons. The third kappa shape index (κ3) is 4.29. The lowest BCUT2D eigenvalue weighted by molar-refractivity contribution is 0.0696. The molecule has 0 unspecified atom stereocenters. The van der Waals surface area contributed by atoms with Gasteiger partial charge >= 0.3 is 5.97 Å². The smallest absolute Gasteiger partial charge is 0.335 e. The van der Waals surface area contributed by atoms with Gasteiger partial charge in [-0.2, -0.15) is 0 Å². The number of anilines is 1. The first-order valence-electron chi connectivity index (χ1n) is 6.90. The molecule has 0 saturated heterocycles. The highest BCUT2D eigenvalue weighted by Crippen LogP contribution is 2.28. The molecular weight excluding hydrogens is 318 g/mol. The van der Waals surface area contributed by atoms with Crippen molar-refractivity contribution in [2.24, 2.45) is 0 Å². The van der Waals surface area contributed by atoms with Crippen LogP contribution in [0.1, 0.15) is 34.8 Å². The Labute approximate surface area is 137 Å². The van der Waals surface area contributed by atoms with E-state index in [1.165, 1.54) is 30.0 Å². The average Bonchev–Trinajstić information content (AvgIpc) is 2.97. The van der Waals surface area contributed by atoms with Gasteiger partial charge in [-0.1, -0.05) is 11.8 Å². The molecule has 1 amide bonds. The van der Waals surface area contributed by atoms with Crippen molar-refractivity contribution in [3.63, 3.8) is 0 Å². The molecule has 2 rings (SSSR count). The molecule has 0 aliphatic heterocycles. The fourth-order valence-electron chi connectivity index (χ4n) is 1.85. The molecule has 0 radical (unpaired) electrons. The lowest BCUT2D eigenvalue weighted by Gasteiger charge is -2.15. The number of rotatable bonds is 6. The molecule has 0 bridgehead atoms. The molecule has 0 atom stereocenters. The molecule has 1 aromatic carbocycles. The van der Waals surface area contributed by atoms with Crippen molar-refractivity contribution in [2.75, 3.05) is 11.6 Å². The van der Waals surface area contributed by atoms with Crippen LogP contribution in [-0.4, -0.2) is 29.3 Å². The summed E-state index contributed by atoms with van der Waals surface area (Å²) < 4.78 is 11.0. The van der Waals surface area contributed by atoms with Crippen LogP contribution in [0, 0.1) is 0 Å². The summed E-state index contributed by atoms with van der Waals surface area (Å²) in [5.41, 5.74) is 0.339. The lowest BCUT2D eigenvalue weighted by Crippen LogP contribution is -2.14. The summed E-state index contributed by atoms with van der Waals surface area (Å²) in [4.78, 5) is 23.4. The zero-order chi connectivity index (χ0) is 17.0. The van der Waals surface area contributed by atoms with E-state index in [9.17, 15) is 9.59 Å². The van der Waals surface area contributed by atoms with Gasteiger partial charge in [-0.15, -0.1) is 0 Å². The molecular formula is C16H17NO5S. The van der Waals surface area contributed by atoms with E-state index in [1.807, 2.05) is 20.1 Å². The number of carbonyl (C=O) groups is 2. The van der Waals surface area contributed by atoms with E-state index < -0.39 is 11.9 Å². The summed E-state index contributed by atoms with van der Waals surface area (Å²) in [7, 11) is 0. The normalized spacial score (nSPS) is 10.6. The number of carbonyl (C=O) groups excluding carboxylic acids is 1. The number of furan rings is 1. The Balaban J connectivity index is 2.29. The van der Waals surface area contributed by atoms with Crippen molar-refractivity contribution in [2.45, 2.75) is 25.0 Å². The molecule has 0 aliphatic carbocycles. The first-order chi connectivity index (χ1) is 10.9. The molecule has 0 fully saturated rings. The SMILES string of the molecule is CSc1ccc(C(=O)Nc2cc(C(=O)O)ccc2OC(C)C)o1. The second kappa shape index (κ2) is 7.23. The Hall–Kier alpha value is -2.41. The minimum absolute atomic E-state index is 0.0562. The number of hydrogen-bond donors (Lipinski definition) is 2. The number of nitrogens with one attached hydrogen (secondary N) is 1. The molecule has 0 spiro atoms. The van der Waals surface area contributed by atoms with Crippen LogP contribution in [0.4, 0.5) is 5.69 Å². The maximum absolute atomic E-state index is 12.2. The Morgan fingerprint density at radius 3 is 2.57 bits per heavy atom. The summed E-state index contributed by atoms with van der Waals surface area (Å²) in [6.07, 6.45) is 1.72. The van der Waals surface area contributed by atoms with E-state index >= 15 is 0 Å². The lowest BCUT2D eigenvalue weighted by atomic mass is 10.2. The number of benzene rings is 1. The molecule has 0 saturated carbocycles. The van der Waals surface area contributed by atoms with Crippen molar-refractivity contribution < 1.29 is 23.8 Å². The monoisotopic (exact) mass is 335 g/mol. The number of ether oxygens (including phenoxy) is 1. The maximum Gasteiger partial charge on any atom is 0.335 e. The van der Waals surface area contributed by atoms with Gasteiger partial charge < -0.3 is 19.6 Å². The summed E-state index contributed by atoms with van der Waals surface area (Å²) in [5.74, 6) is -1.01. The van der Waals surface area contributed by atoms with Gasteiger partial charge in [0, 0.05) is 0 Å². The number of aromatic carboxylic acids is 1. The summed E-state index contributed by atoms with van der Waals surface area (Å²) in [6, 6.07) is 7.56. The Bertz CT molecular complexity index is 723. The number of carboxylic acid groups (broad SMARTS) is 1. The van der Waals surface area contributed by atoms with E-state index in [2.05, 4.69) is 5.32 Å². The number of carboxylic acids is 1. The molecule has 2 aromatic rings. The highest BCUT2D eigenvalue weighted by molar-refractivity contribution is 7.98. The van der Waals surface area contributed by atoms with Gasteiger partial charge in [0.05, 0.1) is 17.4 Å². The fraction of sp³-hybridized carbons (Fsp3) is 0.250. The van der Waals surface area contributed by atoms with Gasteiger partial charge in [0.15, 0.2) is 10.9 Å². The summed E-state index contributed by atoms with van der Waals surface area (Å²) in [5, 5.41) is 12.3. The topological polar surface area (TPSA) is 88.8 Å². The maximum atomic E-state index is 12.2. The van der Waals surface area contributed by atoms with Crippen molar-refractivity contribution >= 4 is 29.3 Å². The second-order valence-corrected chi connectivity index (χ2v) is 5.77. The summed E-state index contributed by atoms with van der Waals surface area (Å²) in [6.45, 7) is 3.68. The molecule has 1 heterocycles. The number of hydrogen-bond acceptors (Lipinski definition) is 5. The van der Waals surface area contributed by atoms with Crippen LogP contribution in [0.15, 0.2) is 39.8 Å². The minimum atomic E-state index is -1.08. The largest absolute Gasteiger partial charge is 0.489 e. The van der Waals surface area contributed by atoms with Crippen molar-refractivity contribution in [1.82, 2.24) is 0 Å². The number of thioether (sulfide) groups is 1. The van der Waals surface area contributed by atoms with Gasteiger partial charge in [-0.25, -0.2) is 4.79 Å².